The third-order valence-electron chi connectivity index (χ3n) is 4.31. The van der Waals surface area contributed by atoms with Crippen molar-refractivity contribution in [3.05, 3.63) is 39.9 Å². The Kier molecular flexibility index (Phi) is 6.86. The van der Waals surface area contributed by atoms with E-state index in [1.165, 1.54) is 29.2 Å². The van der Waals surface area contributed by atoms with Gasteiger partial charge < -0.3 is 0 Å². The fraction of sp³-hybridized carbons (Fsp3) is 0.471. The summed E-state index contributed by atoms with van der Waals surface area (Å²) in [7, 11) is 7.29. The van der Waals surface area contributed by atoms with Gasteiger partial charge in [0.15, 0.2) is 0 Å². The number of amides is 1. The van der Waals surface area contributed by atoms with Gasteiger partial charge >= 0.3 is 143 Å². The molecule has 0 spiro atoms. The van der Waals surface area contributed by atoms with E-state index in [2.05, 4.69) is 19.8 Å². The van der Waals surface area contributed by atoms with Crippen LogP contribution in [0.5, 0.6) is 0 Å². The number of hydrogen-bond acceptors (Lipinski definition) is 6. The van der Waals surface area contributed by atoms with Crippen LogP contribution >= 0.6 is 8.70 Å². The predicted octanol–water partition coefficient (Wildman–Crippen LogP) is 2.29. The number of ether oxygens (including phenoxy) is 1. The molecule has 1 aromatic carbocycles. The fourth-order valence-electron chi connectivity index (χ4n) is 3.08. The Hall–Kier alpha value is -2.27. The van der Waals surface area contributed by atoms with Crippen LogP contribution in [0.15, 0.2) is 24.3 Å². The van der Waals surface area contributed by atoms with Crippen LogP contribution in [0.1, 0.15) is 29.6 Å². The maximum atomic E-state index is 12.3. The molecule has 2 rings (SSSR count). The number of esters is 1. The number of nitro groups is 1. The summed E-state index contributed by atoms with van der Waals surface area (Å²) in [5.74, 6) is 1.70. The van der Waals surface area contributed by atoms with Crippen molar-refractivity contribution in [1.29, 1.82) is 0 Å². The molecule has 8 nitrogen and oxygen atoms in total. The number of carbonyl (C=O) groups is 2. The number of hydrogen-bond donors (Lipinski definition) is 1. The van der Waals surface area contributed by atoms with Crippen LogP contribution in [0.25, 0.3) is 0 Å². The summed E-state index contributed by atoms with van der Waals surface area (Å²) in [6.45, 7) is 0. The van der Waals surface area contributed by atoms with Crippen molar-refractivity contribution in [3.63, 3.8) is 0 Å². The molecule has 1 aliphatic rings. The molecule has 1 saturated carbocycles. The molecule has 0 aromatic heterocycles. The summed E-state index contributed by atoms with van der Waals surface area (Å²) in [5, 5.41) is 13.6. The van der Waals surface area contributed by atoms with E-state index in [9.17, 15) is 19.7 Å². The van der Waals surface area contributed by atoms with E-state index in [1.807, 2.05) is 0 Å². The van der Waals surface area contributed by atoms with Crippen LogP contribution in [0, 0.1) is 21.8 Å². The molecule has 1 amide bonds. The summed E-state index contributed by atoms with van der Waals surface area (Å²) in [4.78, 5) is 36.3. The molecule has 9 heteroatoms. The van der Waals surface area contributed by atoms with Crippen molar-refractivity contribution in [1.82, 2.24) is 10.2 Å². The normalized spacial score (nSPS) is 22.1. The van der Waals surface area contributed by atoms with Gasteiger partial charge in [0.25, 0.3) is 0 Å². The summed E-state index contributed by atoms with van der Waals surface area (Å²) >= 11 is 0. The van der Waals surface area contributed by atoms with Crippen LogP contribution in [-0.2, 0) is 9.53 Å². The Balaban J connectivity index is 2.07. The molecule has 1 N–H and O–H groups in total. The number of benzene rings is 1. The van der Waals surface area contributed by atoms with E-state index < -0.39 is 17.0 Å². The van der Waals surface area contributed by atoms with E-state index in [0.717, 1.165) is 0 Å². The Morgan fingerprint density at radius 2 is 1.92 bits per heavy atom. The predicted molar refractivity (Wildman–Crippen MR) is 96.1 cm³/mol. The molecule has 0 unspecified atom stereocenters. The number of rotatable bonds is 5. The zero-order chi connectivity index (χ0) is 19.3. The first-order chi connectivity index (χ1) is 12.3. The molecule has 0 saturated heterocycles. The SMILES string of the molecule is CN(C)C(=O)[C@@H]1C[C@H](NC#P)C[C@@H](OC(=O)c2ccc([N+](=O)[O-])cc2)C1. The van der Waals surface area contributed by atoms with Crippen molar-refractivity contribution in [3.8, 4) is 5.75 Å². The Morgan fingerprint density at radius 1 is 1.27 bits per heavy atom. The molecule has 0 bridgehead atoms. The molecule has 0 heterocycles. The average molecular weight is 377 g/mol. The molecule has 3 atom stereocenters. The second-order valence-corrected chi connectivity index (χ2v) is 6.64. The van der Waals surface area contributed by atoms with Gasteiger partial charge in [-0.2, -0.15) is 0 Å². The van der Waals surface area contributed by atoms with E-state index in [0.29, 0.717) is 19.3 Å². The van der Waals surface area contributed by atoms with Crippen LogP contribution in [0.2, 0.25) is 0 Å². The Bertz CT molecular complexity index is 729. The first kappa shape index (κ1) is 20.0. The van der Waals surface area contributed by atoms with Crippen molar-refractivity contribution in [2.75, 3.05) is 14.1 Å². The number of nitrogens with one attached hydrogen (secondary N) is 1. The minimum absolute atomic E-state index is 0.0213. The molecule has 1 fully saturated rings. The molecule has 1 aromatic rings. The maximum absolute atomic E-state index is 12.3. The molecule has 1 aliphatic carbocycles. The Morgan fingerprint density at radius 3 is 2.46 bits per heavy atom. The zero-order valence-electron chi connectivity index (χ0n) is 14.5. The number of nitrogens with zero attached hydrogens (tertiary/aromatic N) is 2. The van der Waals surface area contributed by atoms with Crippen LogP contribution in [0.4, 0.5) is 5.69 Å². The summed E-state index contributed by atoms with van der Waals surface area (Å²) in [6, 6.07) is 5.15. The minimum atomic E-state index is -0.569. The van der Waals surface area contributed by atoms with Gasteiger partial charge in [-0.1, -0.05) is 0 Å². The summed E-state index contributed by atoms with van der Waals surface area (Å²) in [5.41, 5.74) is 0.133. The van der Waals surface area contributed by atoms with Gasteiger partial charge in [-0.05, 0) is 0 Å². The molecule has 26 heavy (non-hydrogen) atoms. The first-order valence-electron chi connectivity index (χ1n) is 8.13. The van der Waals surface area contributed by atoms with Crippen molar-refractivity contribution < 1.29 is 19.2 Å². The first-order valence-corrected chi connectivity index (χ1v) is 8.57. The number of carbonyl (C=O) groups excluding carboxylic acids is 2. The average Bonchev–Trinajstić information content (AvgIpc) is 2.61. The third kappa shape index (κ3) is 5.11. The number of nitro benzene ring substituents is 1. The van der Waals surface area contributed by atoms with Crippen molar-refractivity contribution in [2.45, 2.75) is 31.4 Å². The van der Waals surface area contributed by atoms with Gasteiger partial charge in [-0.15, -0.1) is 0 Å². The van der Waals surface area contributed by atoms with Crippen LogP contribution in [-0.4, -0.2) is 47.9 Å². The van der Waals surface area contributed by atoms with Gasteiger partial charge in [0.1, 0.15) is 0 Å². The van der Waals surface area contributed by atoms with Gasteiger partial charge in [-0.25, -0.2) is 0 Å². The summed E-state index contributed by atoms with van der Waals surface area (Å²) < 4.78 is 5.54. The van der Waals surface area contributed by atoms with Crippen molar-refractivity contribution in [2.24, 2.45) is 5.92 Å². The molecular weight excluding hydrogens is 357 g/mol. The van der Waals surface area contributed by atoms with E-state index in [1.54, 1.807) is 14.1 Å². The van der Waals surface area contributed by atoms with Crippen LogP contribution in [0.3, 0.4) is 0 Å². The van der Waals surface area contributed by atoms with Crippen LogP contribution < -0.4 is 5.32 Å². The van der Waals surface area contributed by atoms with Gasteiger partial charge in [0.05, 0.1) is 0 Å². The van der Waals surface area contributed by atoms with Gasteiger partial charge in [0.2, 0.25) is 0 Å². The van der Waals surface area contributed by atoms with Gasteiger partial charge in [-0.3, -0.25) is 10.1 Å². The van der Waals surface area contributed by atoms with E-state index >= 15 is 0 Å². The van der Waals surface area contributed by atoms with E-state index in [-0.39, 0.29) is 29.1 Å². The summed E-state index contributed by atoms with van der Waals surface area (Å²) in [6.07, 6.45) is 1.12. The van der Waals surface area contributed by atoms with Gasteiger partial charge in [0, 0.05) is 0 Å². The quantitative estimate of drug-likeness (QED) is 0.278. The third-order valence-corrected chi connectivity index (χ3v) is 4.44. The standard InChI is InChI=1S/C17H20N3O5P/c1-19(2)16(21)12-7-13(18-10-26)9-15(8-12)25-17(22)11-3-5-14(6-4-11)20(23)24/h3-6,12-13,15,18H,7-9H2,1-2H3/t12-,13+,15+/m1/s1. The fourth-order valence-corrected chi connectivity index (χ4v) is 3.26. The monoisotopic (exact) mass is 377 g/mol. The molecule has 0 aliphatic heterocycles. The molecule has 0 radical (unpaired) electrons. The van der Waals surface area contributed by atoms with E-state index in [4.69, 9.17) is 4.74 Å². The zero-order valence-corrected chi connectivity index (χ0v) is 15.4. The Labute approximate surface area is 153 Å². The molecule has 138 valence electrons. The second-order valence-electron chi connectivity index (χ2n) is 6.42. The van der Waals surface area contributed by atoms with Crippen molar-refractivity contribution >= 4 is 26.3 Å². The topological polar surface area (TPSA) is 102 Å². The number of non-ortho nitro benzene ring substituents is 1. The second kappa shape index (κ2) is 8.90. The molecular formula is C17H20N3O5P.